The minimum Gasteiger partial charge on any atom is -0.396 e. The largest absolute Gasteiger partial charge is 0.396 e. The fourth-order valence-corrected chi connectivity index (χ4v) is 2.68. The molecule has 1 aromatic rings. The van der Waals surface area contributed by atoms with Crippen molar-refractivity contribution in [2.24, 2.45) is 5.92 Å². The standard InChI is InChI=1S/C17H27N3O2/c1-2-9-18-17(22)19-12-14-3-5-16(6-4-14)20-10-7-15(13-21)8-11-20/h3-6,15,21H,2,7-13H2,1H3,(H2,18,19,22). The van der Waals surface area contributed by atoms with E-state index in [1.807, 2.05) is 6.92 Å². The van der Waals surface area contributed by atoms with E-state index in [-0.39, 0.29) is 6.03 Å². The number of rotatable bonds is 6. The number of hydrogen-bond donors (Lipinski definition) is 3. The molecule has 1 saturated heterocycles. The van der Waals surface area contributed by atoms with Crippen LogP contribution in [0.25, 0.3) is 0 Å². The number of aliphatic hydroxyl groups is 1. The number of piperidine rings is 1. The normalized spacial score (nSPS) is 15.6. The van der Waals surface area contributed by atoms with Crippen molar-refractivity contribution in [2.45, 2.75) is 32.7 Å². The van der Waals surface area contributed by atoms with Crippen molar-refractivity contribution >= 4 is 11.7 Å². The molecule has 1 heterocycles. The Hall–Kier alpha value is -1.75. The zero-order valence-electron chi connectivity index (χ0n) is 13.3. The molecule has 0 unspecified atom stereocenters. The van der Waals surface area contributed by atoms with Gasteiger partial charge in [0.25, 0.3) is 0 Å². The molecular formula is C17H27N3O2. The molecule has 0 bridgehead atoms. The third-order valence-corrected chi connectivity index (χ3v) is 4.16. The van der Waals surface area contributed by atoms with Crippen LogP contribution < -0.4 is 15.5 Å². The van der Waals surface area contributed by atoms with Gasteiger partial charge in [0, 0.05) is 38.5 Å². The van der Waals surface area contributed by atoms with Gasteiger partial charge in [-0.2, -0.15) is 0 Å². The van der Waals surface area contributed by atoms with Crippen molar-refractivity contribution in [3.63, 3.8) is 0 Å². The number of anilines is 1. The first-order valence-electron chi connectivity index (χ1n) is 8.19. The molecule has 0 atom stereocenters. The number of amides is 2. The van der Waals surface area contributed by atoms with E-state index in [2.05, 4.69) is 39.8 Å². The van der Waals surface area contributed by atoms with Gasteiger partial charge in [-0.15, -0.1) is 0 Å². The van der Waals surface area contributed by atoms with Crippen LogP contribution in [-0.4, -0.2) is 37.4 Å². The molecule has 5 heteroatoms. The maximum atomic E-state index is 11.5. The molecule has 1 aliphatic rings. The topological polar surface area (TPSA) is 64.6 Å². The Morgan fingerprint density at radius 1 is 1.23 bits per heavy atom. The molecule has 1 aromatic carbocycles. The minimum absolute atomic E-state index is 0.114. The second kappa shape index (κ2) is 8.63. The second-order valence-corrected chi connectivity index (χ2v) is 5.89. The maximum Gasteiger partial charge on any atom is 0.315 e. The lowest BCUT2D eigenvalue weighted by Crippen LogP contribution is -2.35. The molecular weight excluding hydrogens is 278 g/mol. The number of nitrogens with zero attached hydrogens (tertiary/aromatic N) is 1. The lowest BCUT2D eigenvalue weighted by Gasteiger charge is -2.33. The molecule has 0 spiro atoms. The maximum absolute atomic E-state index is 11.5. The number of carbonyl (C=O) groups excluding carboxylic acids is 1. The third kappa shape index (κ3) is 4.91. The number of nitrogens with one attached hydrogen (secondary N) is 2. The number of carbonyl (C=O) groups is 1. The summed E-state index contributed by atoms with van der Waals surface area (Å²) < 4.78 is 0. The average molecular weight is 305 g/mol. The van der Waals surface area contributed by atoms with Crippen LogP contribution >= 0.6 is 0 Å². The van der Waals surface area contributed by atoms with Gasteiger partial charge in [0.2, 0.25) is 0 Å². The highest BCUT2D eigenvalue weighted by Gasteiger charge is 2.18. The monoisotopic (exact) mass is 305 g/mol. The van der Waals surface area contributed by atoms with Gasteiger partial charge >= 0.3 is 6.03 Å². The summed E-state index contributed by atoms with van der Waals surface area (Å²) in [5.74, 6) is 0.460. The highest BCUT2D eigenvalue weighted by atomic mass is 16.3. The molecule has 0 aromatic heterocycles. The van der Waals surface area contributed by atoms with Crippen LogP contribution in [0.5, 0.6) is 0 Å². The van der Waals surface area contributed by atoms with E-state index >= 15 is 0 Å². The zero-order chi connectivity index (χ0) is 15.8. The van der Waals surface area contributed by atoms with Gasteiger partial charge in [-0.25, -0.2) is 4.79 Å². The summed E-state index contributed by atoms with van der Waals surface area (Å²) in [6.45, 7) is 5.59. The van der Waals surface area contributed by atoms with Crippen molar-refractivity contribution in [3.8, 4) is 0 Å². The van der Waals surface area contributed by atoms with Crippen molar-refractivity contribution in [2.75, 3.05) is 31.1 Å². The highest BCUT2D eigenvalue weighted by molar-refractivity contribution is 5.73. The summed E-state index contributed by atoms with van der Waals surface area (Å²) in [6.07, 6.45) is 3.05. The molecule has 0 aliphatic carbocycles. The first-order valence-corrected chi connectivity index (χ1v) is 8.19. The Morgan fingerprint density at radius 2 is 1.91 bits per heavy atom. The molecule has 2 rings (SSSR count). The number of benzene rings is 1. The molecule has 1 fully saturated rings. The van der Waals surface area contributed by atoms with Crippen LogP contribution in [0.15, 0.2) is 24.3 Å². The van der Waals surface area contributed by atoms with Gasteiger partial charge in [0.05, 0.1) is 0 Å². The minimum atomic E-state index is -0.114. The van der Waals surface area contributed by atoms with Gasteiger partial charge in [0.15, 0.2) is 0 Å². The number of hydrogen-bond acceptors (Lipinski definition) is 3. The van der Waals surface area contributed by atoms with Crippen molar-refractivity contribution in [1.29, 1.82) is 0 Å². The summed E-state index contributed by atoms with van der Waals surface area (Å²) in [7, 11) is 0. The van der Waals surface area contributed by atoms with Crippen molar-refractivity contribution in [3.05, 3.63) is 29.8 Å². The van der Waals surface area contributed by atoms with Gasteiger partial charge in [-0.05, 0) is 42.9 Å². The lowest BCUT2D eigenvalue weighted by atomic mass is 9.97. The van der Waals surface area contributed by atoms with Crippen LogP contribution in [0.4, 0.5) is 10.5 Å². The lowest BCUT2D eigenvalue weighted by molar-refractivity contribution is 0.203. The van der Waals surface area contributed by atoms with Crippen LogP contribution in [-0.2, 0) is 6.54 Å². The molecule has 5 nitrogen and oxygen atoms in total. The zero-order valence-corrected chi connectivity index (χ0v) is 13.3. The number of urea groups is 1. The van der Waals surface area contributed by atoms with Gasteiger partial charge in [0.1, 0.15) is 0 Å². The predicted molar refractivity (Wildman–Crippen MR) is 89.0 cm³/mol. The van der Waals surface area contributed by atoms with Gasteiger partial charge < -0.3 is 20.6 Å². The van der Waals surface area contributed by atoms with Gasteiger partial charge in [-0.1, -0.05) is 19.1 Å². The van der Waals surface area contributed by atoms with Crippen LogP contribution in [0.3, 0.4) is 0 Å². The summed E-state index contributed by atoms with van der Waals surface area (Å²) in [4.78, 5) is 13.9. The van der Waals surface area contributed by atoms with E-state index < -0.39 is 0 Å². The molecule has 3 N–H and O–H groups in total. The van der Waals surface area contributed by atoms with E-state index in [0.29, 0.717) is 25.6 Å². The van der Waals surface area contributed by atoms with E-state index in [9.17, 15) is 9.90 Å². The summed E-state index contributed by atoms with van der Waals surface area (Å²) in [5, 5.41) is 14.8. The summed E-state index contributed by atoms with van der Waals surface area (Å²) >= 11 is 0. The van der Waals surface area contributed by atoms with E-state index in [0.717, 1.165) is 37.9 Å². The smallest absolute Gasteiger partial charge is 0.315 e. The fourth-order valence-electron chi connectivity index (χ4n) is 2.68. The Balaban J connectivity index is 1.79. The average Bonchev–Trinajstić information content (AvgIpc) is 2.58. The molecule has 2 amide bonds. The first-order chi connectivity index (χ1) is 10.7. The quantitative estimate of drug-likeness (QED) is 0.754. The van der Waals surface area contributed by atoms with Crippen LogP contribution in [0.1, 0.15) is 31.7 Å². The molecule has 22 heavy (non-hydrogen) atoms. The van der Waals surface area contributed by atoms with Crippen LogP contribution in [0, 0.1) is 5.92 Å². The molecule has 1 aliphatic heterocycles. The Labute approximate surface area is 132 Å². The van der Waals surface area contributed by atoms with Crippen LogP contribution in [0.2, 0.25) is 0 Å². The van der Waals surface area contributed by atoms with E-state index in [1.165, 1.54) is 5.69 Å². The summed E-state index contributed by atoms with van der Waals surface area (Å²) in [6, 6.07) is 8.23. The number of aliphatic hydroxyl groups excluding tert-OH is 1. The highest BCUT2D eigenvalue weighted by Crippen LogP contribution is 2.23. The third-order valence-electron chi connectivity index (χ3n) is 4.16. The molecule has 0 radical (unpaired) electrons. The second-order valence-electron chi connectivity index (χ2n) is 5.89. The molecule has 122 valence electrons. The van der Waals surface area contributed by atoms with Crippen molar-refractivity contribution in [1.82, 2.24) is 10.6 Å². The predicted octanol–water partition coefficient (Wildman–Crippen LogP) is 2.10. The Morgan fingerprint density at radius 3 is 2.50 bits per heavy atom. The van der Waals surface area contributed by atoms with E-state index in [1.54, 1.807) is 0 Å². The SMILES string of the molecule is CCCNC(=O)NCc1ccc(N2CCC(CO)CC2)cc1. The summed E-state index contributed by atoms with van der Waals surface area (Å²) in [5.41, 5.74) is 2.32. The Kier molecular flexibility index (Phi) is 6.52. The van der Waals surface area contributed by atoms with E-state index in [4.69, 9.17) is 0 Å². The van der Waals surface area contributed by atoms with Gasteiger partial charge in [-0.3, -0.25) is 0 Å². The Bertz CT molecular complexity index is 453. The van der Waals surface area contributed by atoms with Crippen molar-refractivity contribution < 1.29 is 9.90 Å². The fraction of sp³-hybridized carbons (Fsp3) is 0.588. The molecule has 0 saturated carbocycles. The first kappa shape index (κ1) is 16.6.